The molecule has 0 aromatic heterocycles. The molecule has 4 heteroatoms. The minimum absolute atomic E-state index is 0.497. The Hall–Kier alpha value is -2.26. The average molecular weight is 301 g/mol. The minimum atomic E-state index is 0.497. The smallest absolute Gasteiger partial charge is 0.0636 e. The molecule has 0 aliphatic heterocycles. The summed E-state index contributed by atoms with van der Waals surface area (Å²) in [7, 11) is 0. The van der Waals surface area contributed by atoms with Gasteiger partial charge in [0.2, 0.25) is 0 Å². The van der Waals surface area contributed by atoms with Crippen LogP contribution in [0.2, 0.25) is 10.0 Å². The highest BCUT2D eigenvalue weighted by molar-refractivity contribution is 6.33. The predicted molar refractivity (Wildman–Crippen MR) is 85.5 cm³/mol. The van der Waals surface area contributed by atoms with E-state index >= 15 is 0 Å². The van der Waals surface area contributed by atoms with Gasteiger partial charge >= 0.3 is 0 Å². The summed E-state index contributed by atoms with van der Waals surface area (Å²) in [4.78, 5) is 0. The summed E-state index contributed by atoms with van der Waals surface area (Å²) < 4.78 is 0. The van der Waals surface area contributed by atoms with E-state index in [0.717, 1.165) is 11.1 Å². The second-order valence-electron chi connectivity index (χ2n) is 3.97. The van der Waals surface area contributed by atoms with Crippen molar-refractivity contribution in [2.45, 2.75) is 0 Å². The van der Waals surface area contributed by atoms with Gasteiger partial charge in [0.1, 0.15) is 0 Å². The van der Waals surface area contributed by atoms with Crippen molar-refractivity contribution in [2.24, 2.45) is 0 Å². The first-order valence-electron chi connectivity index (χ1n) is 5.68. The van der Waals surface area contributed by atoms with Crippen LogP contribution < -0.4 is 11.5 Å². The molecule has 0 saturated heterocycles. The lowest BCUT2D eigenvalue weighted by molar-refractivity contribution is 1.63. The van der Waals surface area contributed by atoms with Crippen LogP contribution in [0, 0.1) is 23.7 Å². The Morgan fingerprint density at radius 3 is 1.45 bits per heavy atom. The third-order valence-corrected chi connectivity index (χ3v) is 3.16. The largest absolute Gasteiger partial charge is 0.397 e. The van der Waals surface area contributed by atoms with E-state index in [1.165, 1.54) is 0 Å². The molecule has 0 atom stereocenters. The van der Waals surface area contributed by atoms with Crippen molar-refractivity contribution in [1.82, 2.24) is 0 Å². The molecule has 0 heterocycles. The number of nitrogen functional groups attached to an aromatic ring is 2. The van der Waals surface area contributed by atoms with E-state index in [1.807, 2.05) is 0 Å². The molecule has 0 spiro atoms. The molecule has 0 radical (unpaired) electrons. The summed E-state index contributed by atoms with van der Waals surface area (Å²) >= 11 is 11.7. The number of hydrogen-bond donors (Lipinski definition) is 2. The van der Waals surface area contributed by atoms with Gasteiger partial charge in [-0.25, -0.2) is 0 Å². The Morgan fingerprint density at radius 1 is 0.700 bits per heavy atom. The maximum Gasteiger partial charge on any atom is 0.0636 e. The molecule has 0 aliphatic rings. The molecule has 0 aliphatic carbocycles. The van der Waals surface area contributed by atoms with E-state index in [-0.39, 0.29) is 0 Å². The van der Waals surface area contributed by atoms with Gasteiger partial charge in [-0.05, 0) is 48.2 Å². The Labute approximate surface area is 127 Å². The summed E-state index contributed by atoms with van der Waals surface area (Å²) in [5.74, 6) is 11.3. The first-order chi connectivity index (χ1) is 9.56. The number of benzene rings is 2. The maximum absolute atomic E-state index is 5.83. The molecule has 0 amide bonds. The average Bonchev–Trinajstić information content (AvgIpc) is 2.42. The van der Waals surface area contributed by atoms with Crippen molar-refractivity contribution in [3.8, 4) is 23.7 Å². The molecular formula is C16H10Cl2N2. The molecule has 2 aromatic rings. The highest BCUT2D eigenvalue weighted by Crippen LogP contribution is 2.19. The summed E-state index contributed by atoms with van der Waals surface area (Å²) in [5.41, 5.74) is 13.9. The minimum Gasteiger partial charge on any atom is -0.397 e. The topological polar surface area (TPSA) is 52.0 Å². The Balaban J connectivity index is 2.17. The standard InChI is InChI=1S/C16H10Cl2N2/c17-13-7-5-11(9-15(13)19)3-1-2-4-12-6-8-14(18)16(20)10-12/h5-10H,19-20H2. The van der Waals surface area contributed by atoms with Gasteiger partial charge in [0.15, 0.2) is 0 Å². The zero-order chi connectivity index (χ0) is 14.5. The highest BCUT2D eigenvalue weighted by Gasteiger charge is 1.95. The van der Waals surface area contributed by atoms with E-state index < -0.39 is 0 Å². The van der Waals surface area contributed by atoms with Crippen molar-refractivity contribution >= 4 is 34.6 Å². The van der Waals surface area contributed by atoms with E-state index in [2.05, 4.69) is 23.7 Å². The van der Waals surface area contributed by atoms with Crippen molar-refractivity contribution < 1.29 is 0 Å². The van der Waals surface area contributed by atoms with Crippen LogP contribution in [0.25, 0.3) is 0 Å². The molecular weight excluding hydrogens is 291 g/mol. The molecule has 98 valence electrons. The maximum atomic E-state index is 5.83. The third kappa shape index (κ3) is 3.62. The number of hydrogen-bond acceptors (Lipinski definition) is 2. The molecule has 0 unspecified atom stereocenters. The number of anilines is 2. The normalized spacial score (nSPS) is 9.10. The van der Waals surface area contributed by atoms with Gasteiger partial charge in [-0.1, -0.05) is 35.0 Å². The van der Waals surface area contributed by atoms with Crippen LogP contribution in [0.3, 0.4) is 0 Å². The highest BCUT2D eigenvalue weighted by atomic mass is 35.5. The predicted octanol–water partition coefficient (Wildman–Crippen LogP) is 3.56. The quantitative estimate of drug-likeness (QED) is 0.577. The van der Waals surface area contributed by atoms with Crippen molar-refractivity contribution in [1.29, 1.82) is 0 Å². The van der Waals surface area contributed by atoms with Gasteiger partial charge in [0.25, 0.3) is 0 Å². The van der Waals surface area contributed by atoms with Gasteiger partial charge in [0.05, 0.1) is 21.4 Å². The van der Waals surface area contributed by atoms with Crippen molar-refractivity contribution in [3.63, 3.8) is 0 Å². The fraction of sp³-hybridized carbons (Fsp3) is 0. The van der Waals surface area contributed by atoms with Crippen LogP contribution in [0.5, 0.6) is 0 Å². The van der Waals surface area contributed by atoms with E-state index in [9.17, 15) is 0 Å². The number of nitrogens with two attached hydrogens (primary N) is 2. The van der Waals surface area contributed by atoms with Crippen LogP contribution in [0.15, 0.2) is 36.4 Å². The third-order valence-electron chi connectivity index (χ3n) is 2.47. The monoisotopic (exact) mass is 300 g/mol. The summed E-state index contributed by atoms with van der Waals surface area (Å²) in [6.07, 6.45) is 0. The van der Waals surface area contributed by atoms with Crippen molar-refractivity contribution in [3.05, 3.63) is 57.6 Å². The zero-order valence-electron chi connectivity index (χ0n) is 10.4. The fourth-order valence-electron chi connectivity index (χ4n) is 1.45. The van der Waals surface area contributed by atoms with Gasteiger partial charge < -0.3 is 11.5 Å². The summed E-state index contributed by atoms with van der Waals surface area (Å²) in [5, 5.41) is 1.02. The summed E-state index contributed by atoms with van der Waals surface area (Å²) in [6, 6.07) is 10.4. The molecule has 2 nitrogen and oxygen atoms in total. The lowest BCUT2D eigenvalue weighted by Gasteiger charge is -1.96. The van der Waals surface area contributed by atoms with Crippen LogP contribution in [-0.4, -0.2) is 0 Å². The van der Waals surface area contributed by atoms with Gasteiger partial charge in [-0.3, -0.25) is 0 Å². The number of rotatable bonds is 0. The van der Waals surface area contributed by atoms with Crippen molar-refractivity contribution in [2.75, 3.05) is 11.5 Å². The molecule has 0 bridgehead atoms. The van der Waals surface area contributed by atoms with E-state index in [1.54, 1.807) is 36.4 Å². The SMILES string of the molecule is Nc1cc(C#CC#Cc2ccc(Cl)c(N)c2)ccc1Cl. The molecule has 0 saturated carbocycles. The summed E-state index contributed by atoms with van der Waals surface area (Å²) in [6.45, 7) is 0. The lowest BCUT2D eigenvalue weighted by atomic mass is 10.2. The second kappa shape index (κ2) is 6.26. The Kier molecular flexibility index (Phi) is 4.43. The fourth-order valence-corrected chi connectivity index (χ4v) is 1.68. The van der Waals surface area contributed by atoms with Gasteiger partial charge in [-0.15, -0.1) is 0 Å². The van der Waals surface area contributed by atoms with Crippen LogP contribution in [0.4, 0.5) is 11.4 Å². The van der Waals surface area contributed by atoms with E-state index in [4.69, 9.17) is 34.7 Å². The van der Waals surface area contributed by atoms with E-state index in [0.29, 0.717) is 21.4 Å². The first kappa shape index (κ1) is 14.2. The first-order valence-corrected chi connectivity index (χ1v) is 6.44. The zero-order valence-corrected chi connectivity index (χ0v) is 11.9. The van der Waals surface area contributed by atoms with Crippen LogP contribution in [0.1, 0.15) is 11.1 Å². The van der Waals surface area contributed by atoms with Gasteiger partial charge in [-0.2, -0.15) is 0 Å². The lowest BCUT2D eigenvalue weighted by Crippen LogP contribution is -1.87. The molecule has 20 heavy (non-hydrogen) atoms. The number of halogens is 2. The molecule has 2 aromatic carbocycles. The van der Waals surface area contributed by atoms with Gasteiger partial charge in [0, 0.05) is 11.1 Å². The molecule has 2 rings (SSSR count). The molecule has 0 fully saturated rings. The van der Waals surface area contributed by atoms with Crippen LogP contribution in [-0.2, 0) is 0 Å². The molecule has 4 N–H and O–H groups in total. The Morgan fingerprint density at radius 2 is 1.10 bits per heavy atom. The van der Waals surface area contributed by atoms with Crippen LogP contribution >= 0.6 is 23.2 Å². The second-order valence-corrected chi connectivity index (χ2v) is 4.79. The Bertz CT molecular complexity index is 707.